The lowest BCUT2D eigenvalue weighted by atomic mass is 10.1. The number of carbonyl (C=O) groups excluding carboxylic acids is 2. The summed E-state index contributed by atoms with van der Waals surface area (Å²) in [6.07, 6.45) is 1.00. The lowest BCUT2D eigenvalue weighted by molar-refractivity contribution is -0.131. The second-order valence-electron chi connectivity index (χ2n) is 4.55. The molecule has 20 heavy (non-hydrogen) atoms. The normalized spacial score (nSPS) is 19.2. The molecule has 7 heteroatoms. The molecule has 108 valence electrons. The fourth-order valence-corrected chi connectivity index (χ4v) is 2.14. The second kappa shape index (κ2) is 5.52. The zero-order valence-electron chi connectivity index (χ0n) is 10.8. The topological polar surface area (TPSA) is 49.4 Å². The molecule has 1 atom stereocenters. The molecule has 1 aliphatic heterocycles. The van der Waals surface area contributed by atoms with E-state index in [9.17, 15) is 22.8 Å². The Hall–Kier alpha value is -2.05. The molecule has 4 nitrogen and oxygen atoms in total. The summed E-state index contributed by atoms with van der Waals surface area (Å²) >= 11 is 0. The van der Waals surface area contributed by atoms with Crippen LogP contribution < -0.4 is 10.2 Å². The Labute approximate surface area is 113 Å². The van der Waals surface area contributed by atoms with Gasteiger partial charge in [-0.05, 0) is 6.42 Å². The fourth-order valence-electron chi connectivity index (χ4n) is 2.14. The van der Waals surface area contributed by atoms with Crippen molar-refractivity contribution in [2.24, 2.45) is 0 Å². The van der Waals surface area contributed by atoms with E-state index in [-0.39, 0.29) is 0 Å². The first kappa shape index (κ1) is 14.4. The van der Waals surface area contributed by atoms with E-state index >= 15 is 0 Å². The highest BCUT2D eigenvalue weighted by atomic mass is 19.2. The van der Waals surface area contributed by atoms with E-state index < -0.39 is 47.5 Å². The van der Waals surface area contributed by atoms with E-state index in [0.29, 0.717) is 25.0 Å². The van der Waals surface area contributed by atoms with Gasteiger partial charge in [-0.15, -0.1) is 0 Å². The van der Waals surface area contributed by atoms with Crippen LogP contribution in [0.25, 0.3) is 0 Å². The van der Waals surface area contributed by atoms with E-state index in [2.05, 4.69) is 5.32 Å². The minimum Gasteiger partial charge on any atom is -0.343 e. The van der Waals surface area contributed by atoms with Gasteiger partial charge in [0.05, 0.1) is 5.69 Å². The first-order chi connectivity index (χ1) is 9.43. The Morgan fingerprint density at radius 1 is 1.30 bits per heavy atom. The maximum absolute atomic E-state index is 13.7. The van der Waals surface area contributed by atoms with Crippen molar-refractivity contribution < 1.29 is 22.8 Å². The third kappa shape index (κ3) is 2.61. The molecule has 1 aliphatic rings. The molecule has 1 heterocycles. The molecule has 1 aromatic rings. The quantitative estimate of drug-likeness (QED) is 0.860. The van der Waals surface area contributed by atoms with Crippen LogP contribution in [0.2, 0.25) is 0 Å². The van der Waals surface area contributed by atoms with Crippen LogP contribution in [0.3, 0.4) is 0 Å². The molecule has 1 fully saturated rings. The van der Waals surface area contributed by atoms with Gasteiger partial charge < -0.3 is 5.32 Å². The third-order valence-corrected chi connectivity index (χ3v) is 3.04. The zero-order chi connectivity index (χ0) is 14.9. The maximum atomic E-state index is 13.7. The summed E-state index contributed by atoms with van der Waals surface area (Å²) in [6, 6.07) is 0.293. The largest absolute Gasteiger partial charge is 0.343 e. The average Bonchev–Trinajstić information content (AvgIpc) is 2.38. The van der Waals surface area contributed by atoms with Gasteiger partial charge in [-0.2, -0.15) is 0 Å². The van der Waals surface area contributed by atoms with Crippen LogP contribution in [0.4, 0.5) is 18.9 Å². The summed E-state index contributed by atoms with van der Waals surface area (Å²) in [4.78, 5) is 24.5. The monoisotopic (exact) mass is 286 g/mol. The van der Waals surface area contributed by atoms with Gasteiger partial charge in [0.25, 0.3) is 0 Å². The highest BCUT2D eigenvalue weighted by molar-refractivity contribution is 6.06. The summed E-state index contributed by atoms with van der Waals surface area (Å²) in [6.45, 7) is 1.36. The van der Waals surface area contributed by atoms with Gasteiger partial charge in [-0.3, -0.25) is 14.5 Å². The van der Waals surface area contributed by atoms with Crippen molar-refractivity contribution in [3.63, 3.8) is 0 Å². The molecule has 0 aliphatic carbocycles. The van der Waals surface area contributed by atoms with E-state index in [1.165, 1.54) is 0 Å². The summed E-state index contributed by atoms with van der Waals surface area (Å²) in [5.41, 5.74) is -0.552. The molecule has 1 N–H and O–H groups in total. The Morgan fingerprint density at radius 3 is 2.65 bits per heavy atom. The molecule has 1 unspecified atom stereocenters. The van der Waals surface area contributed by atoms with E-state index in [4.69, 9.17) is 0 Å². The van der Waals surface area contributed by atoms with Gasteiger partial charge in [0.1, 0.15) is 18.4 Å². The number of benzene rings is 1. The molecule has 1 aromatic carbocycles. The number of anilines is 1. The van der Waals surface area contributed by atoms with Crippen LogP contribution in [0.5, 0.6) is 0 Å². The molecular weight excluding hydrogens is 273 g/mol. The molecule has 2 rings (SSSR count). The number of hydrogen-bond donors (Lipinski definition) is 1. The first-order valence-corrected chi connectivity index (χ1v) is 6.19. The minimum absolute atomic E-state index is 0.375. The predicted molar refractivity (Wildman–Crippen MR) is 65.5 cm³/mol. The van der Waals surface area contributed by atoms with Crippen molar-refractivity contribution in [1.29, 1.82) is 0 Å². The van der Waals surface area contributed by atoms with Crippen molar-refractivity contribution in [3.8, 4) is 0 Å². The molecule has 0 spiro atoms. The van der Waals surface area contributed by atoms with Crippen LogP contribution in [0, 0.1) is 17.5 Å². The summed E-state index contributed by atoms with van der Waals surface area (Å²) < 4.78 is 40.1. The van der Waals surface area contributed by atoms with Crippen LogP contribution in [0.1, 0.15) is 19.8 Å². The number of hydrogen-bond acceptors (Lipinski definition) is 2. The highest BCUT2D eigenvalue weighted by Gasteiger charge is 2.34. The molecule has 0 bridgehead atoms. The SMILES string of the molecule is CCCC1NC(=O)CN(c2cc(F)cc(F)c2F)C1=O. The Kier molecular flexibility index (Phi) is 3.96. The molecule has 0 saturated carbocycles. The lowest BCUT2D eigenvalue weighted by Gasteiger charge is -2.32. The van der Waals surface area contributed by atoms with Crippen molar-refractivity contribution >= 4 is 17.5 Å². The van der Waals surface area contributed by atoms with Gasteiger partial charge in [-0.25, -0.2) is 13.2 Å². The van der Waals surface area contributed by atoms with Gasteiger partial charge in [0.15, 0.2) is 11.6 Å². The van der Waals surface area contributed by atoms with Crippen molar-refractivity contribution in [1.82, 2.24) is 5.32 Å². The van der Waals surface area contributed by atoms with Crippen LogP contribution in [0.15, 0.2) is 12.1 Å². The maximum Gasteiger partial charge on any atom is 0.250 e. The third-order valence-electron chi connectivity index (χ3n) is 3.04. The minimum atomic E-state index is -1.40. The Morgan fingerprint density at radius 2 is 2.00 bits per heavy atom. The Bertz CT molecular complexity index is 563. The number of nitrogens with zero attached hydrogens (tertiary/aromatic N) is 1. The first-order valence-electron chi connectivity index (χ1n) is 6.19. The molecule has 0 aromatic heterocycles. The number of amides is 2. The van der Waals surface area contributed by atoms with Crippen LogP contribution in [-0.2, 0) is 9.59 Å². The smallest absolute Gasteiger partial charge is 0.250 e. The van der Waals surface area contributed by atoms with Crippen LogP contribution >= 0.6 is 0 Å². The number of piperazine rings is 1. The average molecular weight is 286 g/mol. The standard InChI is InChI=1S/C13H13F3N2O2/c1-2-3-9-13(20)18(6-11(19)17-9)10-5-7(14)4-8(15)12(10)16/h4-5,9H,2-3,6H2,1H3,(H,17,19). The van der Waals surface area contributed by atoms with Gasteiger partial charge >= 0.3 is 0 Å². The van der Waals surface area contributed by atoms with Crippen molar-refractivity contribution in [2.75, 3.05) is 11.4 Å². The number of carbonyl (C=O) groups is 2. The number of nitrogens with one attached hydrogen (secondary N) is 1. The number of halogens is 3. The molecule has 2 amide bonds. The lowest BCUT2D eigenvalue weighted by Crippen LogP contribution is -2.58. The predicted octanol–water partition coefficient (Wildman–Crippen LogP) is 1.74. The van der Waals surface area contributed by atoms with Gasteiger partial charge in [0, 0.05) is 12.1 Å². The van der Waals surface area contributed by atoms with Crippen molar-refractivity contribution in [3.05, 3.63) is 29.6 Å². The summed E-state index contributed by atoms with van der Waals surface area (Å²) in [5.74, 6) is -4.82. The van der Waals surface area contributed by atoms with Gasteiger partial charge in [0.2, 0.25) is 11.8 Å². The summed E-state index contributed by atoms with van der Waals surface area (Å²) in [5, 5.41) is 2.48. The summed E-state index contributed by atoms with van der Waals surface area (Å²) in [7, 11) is 0. The molecular formula is C13H13F3N2O2. The number of rotatable bonds is 3. The van der Waals surface area contributed by atoms with E-state index in [1.807, 2.05) is 6.92 Å². The molecule has 0 radical (unpaired) electrons. The van der Waals surface area contributed by atoms with E-state index in [1.54, 1.807) is 0 Å². The van der Waals surface area contributed by atoms with Crippen molar-refractivity contribution in [2.45, 2.75) is 25.8 Å². The van der Waals surface area contributed by atoms with Gasteiger partial charge in [-0.1, -0.05) is 13.3 Å². The Balaban J connectivity index is 2.40. The van der Waals surface area contributed by atoms with Crippen LogP contribution in [-0.4, -0.2) is 24.4 Å². The highest BCUT2D eigenvalue weighted by Crippen LogP contribution is 2.25. The second-order valence-corrected chi connectivity index (χ2v) is 4.55. The van der Waals surface area contributed by atoms with E-state index in [0.717, 1.165) is 4.90 Å². The molecule has 1 saturated heterocycles. The zero-order valence-corrected chi connectivity index (χ0v) is 10.8. The fraction of sp³-hybridized carbons (Fsp3) is 0.385.